The van der Waals surface area contributed by atoms with Crippen molar-refractivity contribution < 1.29 is 8.83 Å². The van der Waals surface area contributed by atoms with Crippen LogP contribution in [0.2, 0.25) is 0 Å². The number of fused-ring (bicyclic) bond motifs is 6. The first-order valence-corrected chi connectivity index (χ1v) is 19.3. The van der Waals surface area contributed by atoms with Gasteiger partial charge in [-0.05, 0) is 136 Å². The van der Waals surface area contributed by atoms with Gasteiger partial charge in [-0.25, -0.2) is 0 Å². The first-order chi connectivity index (χ1) is 28.2. The Labute approximate surface area is 330 Å². The van der Waals surface area contributed by atoms with Gasteiger partial charge >= 0.3 is 0 Å². The van der Waals surface area contributed by atoms with E-state index in [4.69, 9.17) is 8.83 Å². The molecule has 0 aliphatic carbocycles. The van der Waals surface area contributed by atoms with E-state index in [1.807, 2.05) is 24.3 Å². The predicted molar refractivity (Wildman–Crippen MR) is 237 cm³/mol. The molecule has 0 saturated heterocycles. The summed E-state index contributed by atoms with van der Waals surface area (Å²) in [4.78, 5) is 2.29. The van der Waals surface area contributed by atoms with Gasteiger partial charge in [0.05, 0.1) is 0 Å². The summed E-state index contributed by atoms with van der Waals surface area (Å²) in [6.07, 6.45) is 0. The highest BCUT2D eigenvalue weighted by atomic mass is 16.3. The Morgan fingerprint density at radius 1 is 0.228 bits per heavy atom. The minimum Gasteiger partial charge on any atom is -0.456 e. The second kappa shape index (κ2) is 13.6. The van der Waals surface area contributed by atoms with Crippen molar-refractivity contribution in [2.24, 2.45) is 0 Å². The first-order valence-electron chi connectivity index (χ1n) is 19.3. The van der Waals surface area contributed by atoms with Crippen LogP contribution in [0.15, 0.2) is 221 Å². The number of furan rings is 2. The molecule has 3 heteroatoms. The van der Waals surface area contributed by atoms with Gasteiger partial charge in [-0.2, -0.15) is 0 Å². The van der Waals surface area contributed by atoms with Gasteiger partial charge < -0.3 is 13.7 Å². The van der Waals surface area contributed by atoms with Gasteiger partial charge in [0, 0.05) is 38.6 Å². The second-order valence-corrected chi connectivity index (χ2v) is 14.5. The number of anilines is 3. The number of benzene rings is 9. The molecule has 0 atom stereocenters. The summed E-state index contributed by atoms with van der Waals surface area (Å²) in [5.74, 6) is 0. The van der Waals surface area contributed by atoms with Crippen LogP contribution in [0.4, 0.5) is 17.1 Å². The van der Waals surface area contributed by atoms with E-state index in [0.29, 0.717) is 0 Å². The van der Waals surface area contributed by atoms with Gasteiger partial charge in [-0.1, -0.05) is 121 Å². The van der Waals surface area contributed by atoms with Crippen LogP contribution in [0, 0.1) is 0 Å². The monoisotopic (exact) mass is 729 g/mol. The van der Waals surface area contributed by atoms with Gasteiger partial charge in [0.15, 0.2) is 0 Å². The number of nitrogens with zero attached hydrogens (tertiary/aromatic N) is 1. The van der Waals surface area contributed by atoms with Crippen LogP contribution in [0.25, 0.3) is 88.4 Å². The lowest BCUT2D eigenvalue weighted by Crippen LogP contribution is -2.09. The van der Waals surface area contributed by atoms with Crippen molar-refractivity contribution >= 4 is 60.9 Å². The Bertz CT molecular complexity index is 3040. The average molecular weight is 730 g/mol. The molecule has 2 heterocycles. The Kier molecular flexibility index (Phi) is 7.82. The van der Waals surface area contributed by atoms with Crippen LogP contribution < -0.4 is 4.90 Å². The maximum Gasteiger partial charge on any atom is 0.135 e. The first kappa shape index (κ1) is 32.8. The molecule has 11 rings (SSSR count). The quantitative estimate of drug-likeness (QED) is 0.164. The van der Waals surface area contributed by atoms with Crippen molar-refractivity contribution in [3.8, 4) is 44.5 Å². The topological polar surface area (TPSA) is 29.5 Å². The molecular weight excluding hydrogens is 695 g/mol. The molecule has 0 unspecified atom stereocenters. The minimum absolute atomic E-state index is 0.894. The fraction of sp³-hybridized carbons (Fsp3) is 0. The van der Waals surface area contributed by atoms with Crippen molar-refractivity contribution in [2.75, 3.05) is 4.90 Å². The van der Waals surface area contributed by atoms with E-state index in [0.717, 1.165) is 94.3 Å². The molecule has 9 aromatic carbocycles. The lowest BCUT2D eigenvalue weighted by Gasteiger charge is -2.25. The Morgan fingerprint density at radius 3 is 1.04 bits per heavy atom. The zero-order valence-corrected chi connectivity index (χ0v) is 31.0. The van der Waals surface area contributed by atoms with E-state index in [9.17, 15) is 0 Å². The van der Waals surface area contributed by atoms with E-state index >= 15 is 0 Å². The average Bonchev–Trinajstić information content (AvgIpc) is 3.85. The highest BCUT2D eigenvalue weighted by Gasteiger charge is 2.15. The molecule has 3 nitrogen and oxygen atoms in total. The second-order valence-electron chi connectivity index (χ2n) is 14.5. The molecule has 0 saturated carbocycles. The van der Waals surface area contributed by atoms with Crippen molar-refractivity contribution in [1.29, 1.82) is 0 Å². The predicted octanol–water partition coefficient (Wildman–Crippen LogP) is 15.6. The summed E-state index contributed by atoms with van der Waals surface area (Å²) < 4.78 is 12.4. The number of hydrogen-bond donors (Lipinski definition) is 0. The molecule has 0 amide bonds. The molecule has 0 radical (unpaired) electrons. The Balaban J connectivity index is 0.983. The van der Waals surface area contributed by atoms with Gasteiger partial charge in [-0.15, -0.1) is 0 Å². The summed E-state index contributed by atoms with van der Waals surface area (Å²) in [6.45, 7) is 0. The van der Waals surface area contributed by atoms with Crippen LogP contribution in [0.1, 0.15) is 0 Å². The van der Waals surface area contributed by atoms with Gasteiger partial charge in [-0.3, -0.25) is 0 Å². The van der Waals surface area contributed by atoms with E-state index < -0.39 is 0 Å². The van der Waals surface area contributed by atoms with Crippen molar-refractivity contribution in [2.45, 2.75) is 0 Å². The highest BCUT2D eigenvalue weighted by Crippen LogP contribution is 2.40. The molecule has 0 spiro atoms. The smallest absolute Gasteiger partial charge is 0.135 e. The van der Waals surface area contributed by atoms with E-state index in [1.54, 1.807) is 0 Å². The molecule has 268 valence electrons. The maximum atomic E-state index is 6.19. The molecule has 0 N–H and O–H groups in total. The standard InChI is InChI=1S/C54H35NO2/c1-3-11-44(12-4-1)55(45-13-5-2-6-14-45)46-27-23-37(24-28-46)36-19-21-38(22-20-36)41-31-42(39-25-29-53-49(34-39)47-15-7-9-17-51(47)56-53)33-43(32-41)40-26-30-54-50(35-40)48-16-8-10-18-52(48)57-54/h1-35H. The molecule has 0 aliphatic heterocycles. The number of hydrogen-bond acceptors (Lipinski definition) is 3. The molecule has 2 aromatic heterocycles. The lowest BCUT2D eigenvalue weighted by atomic mass is 9.91. The zero-order valence-electron chi connectivity index (χ0n) is 31.0. The lowest BCUT2D eigenvalue weighted by molar-refractivity contribution is 0.668. The van der Waals surface area contributed by atoms with Crippen LogP contribution in [0.3, 0.4) is 0 Å². The summed E-state index contributed by atoms with van der Waals surface area (Å²) in [7, 11) is 0. The van der Waals surface area contributed by atoms with Crippen LogP contribution in [0.5, 0.6) is 0 Å². The van der Waals surface area contributed by atoms with Crippen LogP contribution >= 0.6 is 0 Å². The molecule has 0 bridgehead atoms. The molecule has 0 fully saturated rings. The van der Waals surface area contributed by atoms with Gasteiger partial charge in [0.25, 0.3) is 0 Å². The minimum atomic E-state index is 0.894. The fourth-order valence-corrected chi connectivity index (χ4v) is 8.20. The van der Waals surface area contributed by atoms with Crippen molar-refractivity contribution in [3.63, 3.8) is 0 Å². The van der Waals surface area contributed by atoms with E-state index in [1.165, 1.54) is 11.1 Å². The fourth-order valence-electron chi connectivity index (χ4n) is 8.20. The number of para-hydroxylation sites is 4. The molecule has 57 heavy (non-hydrogen) atoms. The van der Waals surface area contributed by atoms with E-state index in [2.05, 4.69) is 193 Å². The largest absolute Gasteiger partial charge is 0.456 e. The SMILES string of the molecule is c1ccc(N(c2ccccc2)c2ccc(-c3ccc(-c4cc(-c5ccc6oc7ccccc7c6c5)cc(-c5ccc6oc7ccccc7c6c5)c4)cc3)cc2)cc1. The van der Waals surface area contributed by atoms with Gasteiger partial charge in [0.1, 0.15) is 22.3 Å². The number of rotatable bonds is 7. The molecular formula is C54H35NO2. The van der Waals surface area contributed by atoms with Crippen LogP contribution in [-0.2, 0) is 0 Å². The Hall–Kier alpha value is -7.62. The third kappa shape index (κ3) is 5.94. The summed E-state index contributed by atoms with van der Waals surface area (Å²) in [6, 6.07) is 75.3. The summed E-state index contributed by atoms with van der Waals surface area (Å²) in [5, 5.41) is 4.48. The third-order valence-electron chi connectivity index (χ3n) is 11.1. The zero-order chi connectivity index (χ0) is 37.7. The normalized spacial score (nSPS) is 11.5. The van der Waals surface area contributed by atoms with Crippen LogP contribution in [-0.4, -0.2) is 0 Å². The summed E-state index contributed by atoms with van der Waals surface area (Å²) in [5.41, 5.74) is 16.2. The molecule has 0 aliphatic rings. The third-order valence-corrected chi connectivity index (χ3v) is 11.1. The maximum absolute atomic E-state index is 6.19. The molecule has 11 aromatic rings. The van der Waals surface area contributed by atoms with E-state index in [-0.39, 0.29) is 0 Å². The highest BCUT2D eigenvalue weighted by molar-refractivity contribution is 6.07. The van der Waals surface area contributed by atoms with Gasteiger partial charge in [0.2, 0.25) is 0 Å². The van der Waals surface area contributed by atoms with Crippen molar-refractivity contribution in [1.82, 2.24) is 0 Å². The Morgan fingerprint density at radius 2 is 0.561 bits per heavy atom. The van der Waals surface area contributed by atoms with Crippen molar-refractivity contribution in [3.05, 3.63) is 212 Å². The summed E-state index contributed by atoms with van der Waals surface area (Å²) >= 11 is 0.